The molecule has 15 heavy (non-hydrogen) atoms. The molecule has 0 radical (unpaired) electrons. The van der Waals surface area contributed by atoms with Crippen molar-refractivity contribution in [1.29, 1.82) is 0 Å². The molecule has 0 saturated carbocycles. The Kier molecular flexibility index (Phi) is 4.30. The summed E-state index contributed by atoms with van der Waals surface area (Å²) in [5.41, 5.74) is 5.83. The van der Waals surface area contributed by atoms with Crippen molar-refractivity contribution in [1.82, 2.24) is 0 Å². The average molecular weight is 212 g/mol. The van der Waals surface area contributed by atoms with Gasteiger partial charge < -0.3 is 10.2 Å². The molecule has 0 aromatic carbocycles. The highest BCUT2D eigenvalue weighted by molar-refractivity contribution is 5.19. The minimum atomic E-state index is -0.553. The largest absolute Gasteiger partial charge is 0.433 e. The molecule has 0 fully saturated rings. The summed E-state index contributed by atoms with van der Waals surface area (Å²) in [6, 6.07) is 2.69. The maximum absolute atomic E-state index is 10.4. The zero-order chi connectivity index (χ0) is 11.3. The predicted octanol–water partition coefficient (Wildman–Crippen LogP) is 2.77. The number of hydrogen-bond acceptors (Lipinski definition) is 4. The summed E-state index contributed by atoms with van der Waals surface area (Å²) in [5, 5.41) is 10.4. The molecule has 1 aromatic heterocycles. The van der Waals surface area contributed by atoms with Crippen molar-refractivity contribution >= 4 is 5.88 Å². The van der Waals surface area contributed by atoms with Crippen molar-refractivity contribution in [2.75, 3.05) is 0 Å². The third kappa shape index (κ3) is 3.36. The van der Waals surface area contributed by atoms with Crippen molar-refractivity contribution in [3.05, 3.63) is 28.0 Å². The van der Waals surface area contributed by atoms with Crippen LogP contribution in [0.1, 0.15) is 44.4 Å². The SMILES string of the molecule is CCCCC[C@@H](N)c1ccc([N+](=O)[O-])o1. The van der Waals surface area contributed by atoms with Crippen LogP contribution in [0.3, 0.4) is 0 Å². The van der Waals surface area contributed by atoms with Crippen molar-refractivity contribution in [2.45, 2.75) is 38.6 Å². The van der Waals surface area contributed by atoms with Gasteiger partial charge in [-0.3, -0.25) is 10.1 Å². The third-order valence-corrected chi connectivity index (χ3v) is 2.28. The first-order chi connectivity index (χ1) is 7.15. The molecular weight excluding hydrogens is 196 g/mol. The lowest BCUT2D eigenvalue weighted by atomic mass is 10.1. The summed E-state index contributed by atoms with van der Waals surface area (Å²) in [6.07, 6.45) is 4.08. The highest BCUT2D eigenvalue weighted by Gasteiger charge is 2.16. The van der Waals surface area contributed by atoms with Gasteiger partial charge in [0.2, 0.25) is 0 Å². The van der Waals surface area contributed by atoms with Crippen LogP contribution in [0.5, 0.6) is 0 Å². The van der Waals surface area contributed by atoms with Crippen LogP contribution >= 0.6 is 0 Å². The Balaban J connectivity index is 2.50. The molecule has 2 N–H and O–H groups in total. The summed E-state index contributed by atoms with van der Waals surface area (Å²) in [4.78, 5) is 9.81. The highest BCUT2D eigenvalue weighted by Crippen LogP contribution is 2.23. The molecule has 1 aromatic rings. The van der Waals surface area contributed by atoms with Crippen LogP contribution in [0.4, 0.5) is 5.88 Å². The fraction of sp³-hybridized carbons (Fsp3) is 0.600. The molecule has 5 heteroatoms. The molecule has 5 nitrogen and oxygen atoms in total. The topological polar surface area (TPSA) is 82.3 Å². The van der Waals surface area contributed by atoms with E-state index in [4.69, 9.17) is 10.2 Å². The van der Waals surface area contributed by atoms with Gasteiger partial charge in [0.15, 0.2) is 0 Å². The van der Waals surface area contributed by atoms with Crippen LogP contribution in [-0.2, 0) is 0 Å². The smallest absolute Gasteiger partial charge is 0.404 e. The van der Waals surface area contributed by atoms with Crippen LogP contribution in [0.25, 0.3) is 0 Å². The molecular formula is C10H16N2O3. The number of unbranched alkanes of at least 4 members (excludes halogenated alkanes) is 2. The second kappa shape index (κ2) is 5.50. The van der Waals surface area contributed by atoms with Gasteiger partial charge in [0, 0.05) is 0 Å². The van der Waals surface area contributed by atoms with Gasteiger partial charge in [0.25, 0.3) is 0 Å². The maximum Gasteiger partial charge on any atom is 0.433 e. The van der Waals surface area contributed by atoms with E-state index in [1.807, 2.05) is 0 Å². The summed E-state index contributed by atoms with van der Waals surface area (Å²) in [6.45, 7) is 2.11. The maximum atomic E-state index is 10.4. The van der Waals surface area contributed by atoms with E-state index < -0.39 is 4.92 Å². The first kappa shape index (κ1) is 11.7. The molecule has 0 aliphatic rings. The quantitative estimate of drug-likeness (QED) is 0.446. The fourth-order valence-electron chi connectivity index (χ4n) is 1.40. The lowest BCUT2D eigenvalue weighted by Gasteiger charge is -2.06. The Morgan fingerprint density at radius 1 is 1.53 bits per heavy atom. The second-order valence-electron chi connectivity index (χ2n) is 3.54. The van der Waals surface area contributed by atoms with Gasteiger partial charge in [-0.1, -0.05) is 26.2 Å². The molecule has 1 heterocycles. The van der Waals surface area contributed by atoms with E-state index in [-0.39, 0.29) is 11.9 Å². The van der Waals surface area contributed by atoms with E-state index in [1.54, 1.807) is 6.07 Å². The summed E-state index contributed by atoms with van der Waals surface area (Å²) >= 11 is 0. The minimum Gasteiger partial charge on any atom is -0.404 e. The molecule has 0 amide bonds. The normalized spacial score (nSPS) is 12.7. The van der Waals surface area contributed by atoms with E-state index in [0.717, 1.165) is 25.7 Å². The van der Waals surface area contributed by atoms with Gasteiger partial charge in [0.1, 0.15) is 10.7 Å². The first-order valence-corrected chi connectivity index (χ1v) is 5.15. The fourth-order valence-corrected chi connectivity index (χ4v) is 1.40. The molecule has 1 atom stereocenters. The third-order valence-electron chi connectivity index (χ3n) is 2.28. The Bertz CT molecular complexity index is 322. The second-order valence-corrected chi connectivity index (χ2v) is 3.54. The van der Waals surface area contributed by atoms with Crippen molar-refractivity contribution in [3.63, 3.8) is 0 Å². The lowest BCUT2D eigenvalue weighted by Crippen LogP contribution is -2.08. The first-order valence-electron chi connectivity index (χ1n) is 5.15. The van der Waals surface area contributed by atoms with E-state index in [1.165, 1.54) is 6.07 Å². The number of hydrogen-bond donors (Lipinski definition) is 1. The molecule has 1 rings (SSSR count). The number of furan rings is 1. The predicted molar refractivity (Wildman–Crippen MR) is 56.4 cm³/mol. The van der Waals surface area contributed by atoms with Crippen LogP contribution < -0.4 is 5.73 Å². The Morgan fingerprint density at radius 3 is 2.80 bits per heavy atom. The molecule has 0 saturated heterocycles. The summed E-state index contributed by atoms with van der Waals surface area (Å²) < 4.78 is 5.01. The Labute approximate surface area is 88.4 Å². The van der Waals surface area contributed by atoms with E-state index >= 15 is 0 Å². The molecule has 0 aliphatic heterocycles. The van der Waals surface area contributed by atoms with Gasteiger partial charge in [0.05, 0.1) is 12.1 Å². The molecule has 0 spiro atoms. The van der Waals surface area contributed by atoms with Crippen LogP contribution in [0.2, 0.25) is 0 Å². The van der Waals surface area contributed by atoms with Gasteiger partial charge in [-0.15, -0.1) is 0 Å². The Hall–Kier alpha value is -1.36. The Morgan fingerprint density at radius 2 is 2.27 bits per heavy atom. The lowest BCUT2D eigenvalue weighted by molar-refractivity contribution is -0.402. The monoisotopic (exact) mass is 212 g/mol. The summed E-state index contributed by atoms with van der Waals surface area (Å²) in [5.74, 6) is 0.258. The van der Waals surface area contributed by atoms with E-state index in [9.17, 15) is 10.1 Å². The van der Waals surface area contributed by atoms with E-state index in [0.29, 0.717) is 5.76 Å². The van der Waals surface area contributed by atoms with Gasteiger partial charge in [-0.05, 0) is 12.5 Å². The van der Waals surface area contributed by atoms with Crippen LogP contribution in [0, 0.1) is 10.1 Å². The average Bonchev–Trinajstić information content (AvgIpc) is 2.66. The zero-order valence-corrected chi connectivity index (χ0v) is 8.81. The van der Waals surface area contributed by atoms with Crippen LogP contribution in [-0.4, -0.2) is 4.92 Å². The number of nitro groups is 1. The van der Waals surface area contributed by atoms with E-state index in [2.05, 4.69) is 6.92 Å². The van der Waals surface area contributed by atoms with Gasteiger partial charge in [-0.25, -0.2) is 0 Å². The minimum absolute atomic E-state index is 0.231. The van der Waals surface area contributed by atoms with Crippen molar-refractivity contribution in [3.8, 4) is 0 Å². The molecule has 0 aliphatic carbocycles. The highest BCUT2D eigenvalue weighted by atomic mass is 16.6. The summed E-state index contributed by atoms with van der Waals surface area (Å²) in [7, 11) is 0. The van der Waals surface area contributed by atoms with Crippen molar-refractivity contribution < 1.29 is 9.34 Å². The molecule has 0 bridgehead atoms. The number of nitrogens with two attached hydrogens (primary N) is 1. The number of rotatable bonds is 6. The van der Waals surface area contributed by atoms with Crippen LogP contribution in [0.15, 0.2) is 16.5 Å². The zero-order valence-electron chi connectivity index (χ0n) is 8.81. The standard InChI is InChI=1S/C10H16N2O3/c1-2-3-4-5-8(11)9-6-7-10(15-9)12(13)14/h6-8H,2-5,11H2,1H3/t8-/m1/s1. The van der Waals surface area contributed by atoms with Crippen molar-refractivity contribution in [2.24, 2.45) is 5.73 Å². The molecule has 0 unspecified atom stereocenters. The van der Waals surface area contributed by atoms with Gasteiger partial charge >= 0.3 is 5.88 Å². The molecule has 84 valence electrons. The van der Waals surface area contributed by atoms with Gasteiger partial charge in [-0.2, -0.15) is 0 Å². The number of nitrogens with zero attached hydrogens (tertiary/aromatic N) is 1.